The van der Waals surface area contributed by atoms with Crippen molar-refractivity contribution in [1.29, 1.82) is 0 Å². The van der Waals surface area contributed by atoms with Crippen molar-refractivity contribution in [3.63, 3.8) is 0 Å². The maximum absolute atomic E-state index is 10.2. The number of rotatable bonds is 2. The van der Waals surface area contributed by atoms with Crippen LogP contribution in [0.25, 0.3) is 0 Å². The molecule has 0 aromatic rings. The molecule has 0 aromatic carbocycles. The van der Waals surface area contributed by atoms with Crippen LogP contribution in [0.4, 0.5) is 0 Å². The van der Waals surface area contributed by atoms with Crippen LogP contribution in [-0.2, 0) is 42.2 Å². The van der Waals surface area contributed by atoms with Crippen LogP contribution < -0.4 is 0 Å². The summed E-state index contributed by atoms with van der Waals surface area (Å²) in [6.45, 7) is 4.07. The van der Waals surface area contributed by atoms with Crippen molar-refractivity contribution in [2.45, 2.75) is 20.3 Å². The van der Waals surface area contributed by atoms with E-state index in [9.17, 15) is 4.79 Å². The van der Waals surface area contributed by atoms with Crippen molar-refractivity contribution >= 4 is 5.97 Å². The van der Waals surface area contributed by atoms with Crippen molar-refractivity contribution in [2.24, 2.45) is 0 Å². The molecule has 0 aromatic heterocycles. The molecule has 0 saturated carbocycles. The summed E-state index contributed by atoms with van der Waals surface area (Å²) in [4.78, 5) is 10.2. The molecule has 0 atom stereocenters. The summed E-state index contributed by atoms with van der Waals surface area (Å²) in [6, 6.07) is 0. The second-order valence-electron chi connectivity index (χ2n) is 1.16. The quantitative estimate of drug-likeness (QED) is 0.607. The van der Waals surface area contributed by atoms with E-state index in [4.69, 9.17) is 0 Å². The van der Waals surface area contributed by atoms with Gasteiger partial charge in [0.15, 0.2) is 0 Å². The van der Waals surface area contributed by atoms with E-state index in [0.717, 1.165) is 0 Å². The van der Waals surface area contributed by atoms with Crippen molar-refractivity contribution in [2.75, 3.05) is 6.61 Å². The van der Waals surface area contributed by atoms with Crippen LogP contribution >= 0.6 is 0 Å². The van der Waals surface area contributed by atoms with Crippen LogP contribution in [0.2, 0.25) is 0 Å². The largest absolute Gasteiger partial charge is 0.466 e. The van der Waals surface area contributed by atoms with Crippen LogP contribution in [0, 0.1) is 0 Å². The molecule has 0 aliphatic heterocycles. The minimum atomic E-state index is -0.123. The molecule has 3 heteroatoms. The van der Waals surface area contributed by atoms with E-state index in [1.165, 1.54) is 0 Å². The standard InChI is InChI=1S/C5H10O2.Y/c1-3-5(6)7-4-2;/h3-4H2,1-2H3;. The van der Waals surface area contributed by atoms with E-state index in [0.29, 0.717) is 13.0 Å². The Kier molecular flexibility index (Phi) is 10.8. The average molecular weight is 191 g/mol. The second kappa shape index (κ2) is 7.57. The Morgan fingerprint density at radius 2 is 2.00 bits per heavy atom. The minimum Gasteiger partial charge on any atom is -0.466 e. The molecule has 0 saturated heterocycles. The van der Waals surface area contributed by atoms with Crippen LogP contribution in [0.1, 0.15) is 20.3 Å². The van der Waals surface area contributed by atoms with Crippen LogP contribution in [0.5, 0.6) is 0 Å². The maximum Gasteiger partial charge on any atom is 0.305 e. The molecule has 0 rings (SSSR count). The Morgan fingerprint density at radius 3 is 2.12 bits per heavy atom. The molecule has 0 N–H and O–H groups in total. The Bertz CT molecular complexity index is 63.4. The fourth-order valence-corrected chi connectivity index (χ4v) is 0.263. The van der Waals surface area contributed by atoms with Gasteiger partial charge in [-0.25, -0.2) is 0 Å². The Hall–Kier alpha value is 0.574. The third-order valence-corrected chi connectivity index (χ3v) is 0.594. The SMILES string of the molecule is CCOC(=O)CC.[Y]. The molecular weight excluding hydrogens is 181 g/mol. The topological polar surface area (TPSA) is 26.3 Å². The summed E-state index contributed by atoms with van der Waals surface area (Å²) in [5.41, 5.74) is 0. The third-order valence-electron chi connectivity index (χ3n) is 0.594. The van der Waals surface area contributed by atoms with Gasteiger partial charge in [-0.15, -0.1) is 0 Å². The van der Waals surface area contributed by atoms with Gasteiger partial charge in [0, 0.05) is 39.1 Å². The van der Waals surface area contributed by atoms with Gasteiger partial charge in [-0.1, -0.05) is 6.92 Å². The molecular formula is C5H10O2Y. The van der Waals surface area contributed by atoms with Crippen LogP contribution in [-0.4, -0.2) is 12.6 Å². The molecule has 0 fully saturated rings. The molecule has 0 bridgehead atoms. The van der Waals surface area contributed by atoms with E-state index >= 15 is 0 Å². The Morgan fingerprint density at radius 1 is 1.50 bits per heavy atom. The van der Waals surface area contributed by atoms with Gasteiger partial charge in [-0.05, 0) is 6.92 Å². The zero-order chi connectivity index (χ0) is 5.70. The first-order valence-electron chi connectivity index (χ1n) is 2.46. The number of esters is 1. The number of hydrogen-bond acceptors (Lipinski definition) is 2. The monoisotopic (exact) mass is 191 g/mol. The van der Waals surface area contributed by atoms with E-state index in [-0.39, 0.29) is 38.7 Å². The predicted molar refractivity (Wildman–Crippen MR) is 26.9 cm³/mol. The first-order chi connectivity index (χ1) is 3.31. The van der Waals surface area contributed by atoms with Crippen molar-refractivity contribution < 1.29 is 42.2 Å². The second-order valence-corrected chi connectivity index (χ2v) is 1.16. The smallest absolute Gasteiger partial charge is 0.305 e. The van der Waals surface area contributed by atoms with E-state index in [1.807, 2.05) is 0 Å². The van der Waals surface area contributed by atoms with Gasteiger partial charge in [0.2, 0.25) is 0 Å². The zero-order valence-corrected chi connectivity index (χ0v) is 8.15. The zero-order valence-electron chi connectivity index (χ0n) is 5.31. The summed E-state index contributed by atoms with van der Waals surface area (Å²) in [5.74, 6) is -0.123. The molecule has 45 valence electrons. The maximum atomic E-state index is 10.2. The summed E-state index contributed by atoms with van der Waals surface area (Å²) in [6.07, 6.45) is 0.480. The van der Waals surface area contributed by atoms with E-state index < -0.39 is 0 Å². The number of ether oxygens (including phenoxy) is 1. The summed E-state index contributed by atoms with van der Waals surface area (Å²) in [5, 5.41) is 0. The molecule has 0 spiro atoms. The number of hydrogen-bond donors (Lipinski definition) is 0. The number of carbonyl (C=O) groups excluding carboxylic acids is 1. The summed E-state index contributed by atoms with van der Waals surface area (Å²) >= 11 is 0. The molecule has 0 aliphatic rings. The molecule has 0 unspecified atom stereocenters. The van der Waals surface area contributed by atoms with Crippen molar-refractivity contribution in [3.8, 4) is 0 Å². The number of carbonyl (C=O) groups is 1. The van der Waals surface area contributed by atoms with Gasteiger partial charge in [0.25, 0.3) is 0 Å². The molecule has 1 radical (unpaired) electrons. The Balaban J connectivity index is 0. The summed E-state index contributed by atoms with van der Waals surface area (Å²) in [7, 11) is 0. The fourth-order valence-electron chi connectivity index (χ4n) is 0.263. The third kappa shape index (κ3) is 6.57. The van der Waals surface area contributed by atoms with Gasteiger partial charge >= 0.3 is 5.97 Å². The molecule has 0 heterocycles. The van der Waals surface area contributed by atoms with Crippen LogP contribution in [0.3, 0.4) is 0 Å². The molecule has 0 amide bonds. The average Bonchev–Trinajstić information content (AvgIpc) is 1.68. The molecule has 0 aliphatic carbocycles. The molecule has 8 heavy (non-hydrogen) atoms. The van der Waals surface area contributed by atoms with E-state index in [1.54, 1.807) is 13.8 Å². The van der Waals surface area contributed by atoms with Crippen molar-refractivity contribution in [3.05, 3.63) is 0 Å². The minimum absolute atomic E-state index is 0. The van der Waals surface area contributed by atoms with E-state index in [2.05, 4.69) is 4.74 Å². The van der Waals surface area contributed by atoms with Gasteiger partial charge in [0.05, 0.1) is 6.61 Å². The first kappa shape index (κ1) is 11.4. The molecule has 2 nitrogen and oxygen atoms in total. The van der Waals surface area contributed by atoms with Gasteiger partial charge in [-0.2, -0.15) is 0 Å². The first-order valence-corrected chi connectivity index (χ1v) is 2.46. The Labute approximate surface area is 74.9 Å². The van der Waals surface area contributed by atoms with Crippen molar-refractivity contribution in [1.82, 2.24) is 0 Å². The van der Waals surface area contributed by atoms with Crippen LogP contribution in [0.15, 0.2) is 0 Å². The fraction of sp³-hybridized carbons (Fsp3) is 0.800. The summed E-state index contributed by atoms with van der Waals surface area (Å²) < 4.78 is 4.55. The normalized spacial score (nSPS) is 7.25. The van der Waals surface area contributed by atoms with Gasteiger partial charge in [0.1, 0.15) is 0 Å². The van der Waals surface area contributed by atoms with Gasteiger partial charge in [-0.3, -0.25) is 4.79 Å². The predicted octanol–water partition coefficient (Wildman–Crippen LogP) is 0.957. The van der Waals surface area contributed by atoms with Gasteiger partial charge < -0.3 is 4.74 Å².